The molecule has 4 aromatic rings. The van der Waals surface area contributed by atoms with Gasteiger partial charge in [-0.1, -0.05) is 54.2 Å². The van der Waals surface area contributed by atoms with Crippen molar-refractivity contribution in [2.24, 2.45) is 0 Å². The van der Waals surface area contributed by atoms with Crippen LogP contribution >= 0.6 is 23.1 Å². The quantitative estimate of drug-likeness (QED) is 0.249. The van der Waals surface area contributed by atoms with Crippen molar-refractivity contribution in [3.8, 4) is 16.5 Å². The lowest BCUT2D eigenvalue weighted by molar-refractivity contribution is -0.113. The van der Waals surface area contributed by atoms with E-state index in [9.17, 15) is 4.79 Å². The molecular formula is C24H22N4O2S2. The van der Waals surface area contributed by atoms with Gasteiger partial charge in [0.05, 0.1) is 10.6 Å². The maximum Gasteiger partial charge on any atom is 0.234 e. The first-order valence-electron chi connectivity index (χ1n) is 10.0. The van der Waals surface area contributed by atoms with E-state index in [0.717, 1.165) is 27.7 Å². The van der Waals surface area contributed by atoms with E-state index in [4.69, 9.17) is 4.74 Å². The number of nitrogens with one attached hydrogen (secondary N) is 1. The van der Waals surface area contributed by atoms with Crippen LogP contribution in [-0.2, 0) is 17.9 Å². The van der Waals surface area contributed by atoms with Crippen LogP contribution in [0.5, 0.6) is 5.75 Å². The molecule has 8 heteroatoms. The number of amides is 1. The van der Waals surface area contributed by atoms with Crippen LogP contribution in [0, 0.1) is 0 Å². The van der Waals surface area contributed by atoms with Gasteiger partial charge in [-0.25, -0.2) is 0 Å². The van der Waals surface area contributed by atoms with Gasteiger partial charge in [-0.15, -0.1) is 28.1 Å². The van der Waals surface area contributed by atoms with Crippen molar-refractivity contribution in [3.63, 3.8) is 0 Å². The molecule has 0 fully saturated rings. The lowest BCUT2D eigenvalue weighted by Gasteiger charge is -2.09. The summed E-state index contributed by atoms with van der Waals surface area (Å²) < 4.78 is 7.75. The van der Waals surface area contributed by atoms with Gasteiger partial charge >= 0.3 is 0 Å². The number of hydrogen-bond acceptors (Lipinski definition) is 6. The van der Waals surface area contributed by atoms with Gasteiger partial charge in [-0.2, -0.15) is 0 Å². The smallest absolute Gasteiger partial charge is 0.234 e. The summed E-state index contributed by atoms with van der Waals surface area (Å²) in [5.41, 5.74) is 1.82. The highest BCUT2D eigenvalue weighted by molar-refractivity contribution is 7.99. The molecule has 162 valence electrons. The van der Waals surface area contributed by atoms with Crippen LogP contribution in [0.25, 0.3) is 10.7 Å². The summed E-state index contributed by atoms with van der Waals surface area (Å²) in [6.07, 6.45) is 1.80. The average molecular weight is 463 g/mol. The number of carbonyl (C=O) groups is 1. The number of aromatic nitrogens is 3. The highest BCUT2D eigenvalue weighted by atomic mass is 32.2. The molecule has 0 aliphatic heterocycles. The molecule has 6 nitrogen and oxygen atoms in total. The lowest BCUT2D eigenvalue weighted by atomic mass is 10.2. The predicted octanol–water partition coefficient (Wildman–Crippen LogP) is 5.50. The van der Waals surface area contributed by atoms with Gasteiger partial charge in [-0.05, 0) is 41.3 Å². The molecule has 0 aliphatic rings. The van der Waals surface area contributed by atoms with Gasteiger partial charge in [0.1, 0.15) is 12.4 Å². The van der Waals surface area contributed by atoms with E-state index in [1.807, 2.05) is 76.7 Å². The zero-order chi connectivity index (χ0) is 22.2. The van der Waals surface area contributed by atoms with Gasteiger partial charge in [0, 0.05) is 12.2 Å². The second-order valence-corrected chi connectivity index (χ2v) is 8.71. The van der Waals surface area contributed by atoms with E-state index in [2.05, 4.69) is 22.1 Å². The summed E-state index contributed by atoms with van der Waals surface area (Å²) >= 11 is 2.95. The molecule has 2 heterocycles. The standard InChI is InChI=1S/C24H22N4O2S2/c1-2-14-28-23(21-9-6-15-31-21)26-27-24(28)32-17-22(29)25-19-10-12-20(13-11-19)30-16-18-7-4-3-5-8-18/h2-13,15H,1,14,16-17H2,(H,25,29). The molecule has 32 heavy (non-hydrogen) atoms. The van der Waals surface area contributed by atoms with Gasteiger partial charge in [0.15, 0.2) is 11.0 Å². The molecule has 0 bridgehead atoms. The van der Waals surface area contributed by atoms with Crippen molar-refractivity contribution in [1.29, 1.82) is 0 Å². The monoisotopic (exact) mass is 462 g/mol. The minimum atomic E-state index is -0.112. The number of carbonyl (C=O) groups excluding carboxylic acids is 1. The molecule has 0 radical (unpaired) electrons. The third kappa shape index (κ3) is 5.66. The second-order valence-electron chi connectivity index (χ2n) is 6.82. The largest absolute Gasteiger partial charge is 0.489 e. The van der Waals surface area contributed by atoms with Crippen molar-refractivity contribution in [3.05, 3.63) is 90.3 Å². The first-order valence-corrected chi connectivity index (χ1v) is 11.9. The van der Waals surface area contributed by atoms with Crippen LogP contribution in [0.2, 0.25) is 0 Å². The van der Waals surface area contributed by atoms with Crippen LogP contribution in [-0.4, -0.2) is 26.4 Å². The Labute approximate surface area is 195 Å². The molecule has 0 saturated carbocycles. The van der Waals surface area contributed by atoms with Crippen LogP contribution in [0.4, 0.5) is 5.69 Å². The number of nitrogens with zero attached hydrogens (tertiary/aromatic N) is 3. The Kier molecular flexibility index (Phi) is 7.37. The number of anilines is 1. The minimum absolute atomic E-state index is 0.112. The van der Waals surface area contributed by atoms with Crippen molar-refractivity contribution in [1.82, 2.24) is 14.8 Å². The fourth-order valence-electron chi connectivity index (χ4n) is 2.98. The normalized spacial score (nSPS) is 10.6. The Bertz CT molecular complexity index is 1160. The molecule has 0 atom stereocenters. The van der Waals surface area contributed by atoms with Gasteiger partial charge in [0.25, 0.3) is 0 Å². The maximum atomic E-state index is 12.4. The molecule has 4 rings (SSSR count). The number of hydrogen-bond donors (Lipinski definition) is 1. The van der Waals surface area contributed by atoms with E-state index >= 15 is 0 Å². The SMILES string of the molecule is C=CCn1c(SCC(=O)Nc2ccc(OCc3ccccc3)cc2)nnc1-c1cccs1. The zero-order valence-electron chi connectivity index (χ0n) is 17.3. The first kappa shape index (κ1) is 21.9. The first-order chi connectivity index (χ1) is 15.7. The predicted molar refractivity (Wildman–Crippen MR) is 130 cm³/mol. The van der Waals surface area contributed by atoms with Gasteiger partial charge in [-0.3, -0.25) is 9.36 Å². The van der Waals surface area contributed by atoms with Crippen LogP contribution in [0.3, 0.4) is 0 Å². The topological polar surface area (TPSA) is 69.0 Å². The summed E-state index contributed by atoms with van der Waals surface area (Å²) in [5, 5.41) is 14.2. The summed E-state index contributed by atoms with van der Waals surface area (Å²) in [6, 6.07) is 21.3. The number of thioether (sulfide) groups is 1. The summed E-state index contributed by atoms with van der Waals surface area (Å²) in [5.74, 6) is 1.65. The number of ether oxygens (including phenoxy) is 1. The van der Waals surface area contributed by atoms with Crippen molar-refractivity contribution in [2.75, 3.05) is 11.1 Å². The maximum absolute atomic E-state index is 12.4. The molecule has 1 N–H and O–H groups in total. The number of benzene rings is 2. The Morgan fingerprint density at radius 1 is 1.09 bits per heavy atom. The number of allylic oxidation sites excluding steroid dienone is 1. The molecule has 0 saturated heterocycles. The molecule has 1 amide bonds. The molecule has 2 aromatic heterocycles. The van der Waals surface area contributed by atoms with Crippen LogP contribution in [0.1, 0.15) is 5.56 Å². The average Bonchev–Trinajstić information content (AvgIpc) is 3.48. The van der Waals surface area contributed by atoms with E-state index in [-0.39, 0.29) is 11.7 Å². The van der Waals surface area contributed by atoms with Gasteiger partial charge in [0.2, 0.25) is 5.91 Å². The molecular weight excluding hydrogens is 440 g/mol. The fourth-order valence-corrected chi connectivity index (χ4v) is 4.44. The third-order valence-electron chi connectivity index (χ3n) is 4.49. The highest BCUT2D eigenvalue weighted by Gasteiger charge is 2.15. The summed E-state index contributed by atoms with van der Waals surface area (Å²) in [4.78, 5) is 13.5. The van der Waals surface area contributed by atoms with E-state index in [1.54, 1.807) is 17.4 Å². The molecule has 2 aromatic carbocycles. The van der Waals surface area contributed by atoms with Gasteiger partial charge < -0.3 is 10.1 Å². The van der Waals surface area contributed by atoms with Crippen LogP contribution < -0.4 is 10.1 Å². The summed E-state index contributed by atoms with van der Waals surface area (Å²) in [7, 11) is 0. The molecule has 0 unspecified atom stereocenters. The Morgan fingerprint density at radius 2 is 1.91 bits per heavy atom. The third-order valence-corrected chi connectivity index (χ3v) is 6.32. The molecule has 0 spiro atoms. The van der Waals surface area contributed by atoms with E-state index in [0.29, 0.717) is 18.3 Å². The summed E-state index contributed by atoms with van der Waals surface area (Å²) in [6.45, 7) is 4.90. The fraction of sp³-hybridized carbons (Fsp3) is 0.125. The highest BCUT2D eigenvalue weighted by Crippen LogP contribution is 2.27. The van der Waals surface area contributed by atoms with Crippen LogP contribution in [0.15, 0.2) is 89.9 Å². The molecule has 0 aliphatic carbocycles. The second kappa shape index (κ2) is 10.8. The Hall–Kier alpha value is -3.36. The zero-order valence-corrected chi connectivity index (χ0v) is 18.9. The Balaban J connectivity index is 1.31. The lowest BCUT2D eigenvalue weighted by Crippen LogP contribution is -2.14. The van der Waals surface area contributed by atoms with Crippen molar-refractivity contribution < 1.29 is 9.53 Å². The number of thiophene rings is 1. The Morgan fingerprint density at radius 3 is 2.62 bits per heavy atom. The number of rotatable bonds is 10. The van der Waals surface area contributed by atoms with E-state index in [1.165, 1.54) is 11.8 Å². The van der Waals surface area contributed by atoms with Crippen molar-refractivity contribution >= 4 is 34.7 Å². The van der Waals surface area contributed by atoms with E-state index < -0.39 is 0 Å². The van der Waals surface area contributed by atoms with Crippen molar-refractivity contribution in [2.45, 2.75) is 18.3 Å². The minimum Gasteiger partial charge on any atom is -0.489 e.